The number of phenolic OH excluding ortho intramolecular Hbond substituents is 1. The molecule has 0 fully saturated rings. The van der Waals surface area contributed by atoms with Crippen molar-refractivity contribution in [3.05, 3.63) is 23.8 Å². The molecule has 0 aliphatic carbocycles. The summed E-state index contributed by atoms with van der Waals surface area (Å²) in [7, 11) is 5.51. The van der Waals surface area contributed by atoms with Gasteiger partial charge in [0.15, 0.2) is 0 Å². The fourth-order valence-electron chi connectivity index (χ4n) is 0.965. The van der Waals surface area contributed by atoms with Gasteiger partial charge >= 0.3 is 0 Å². The van der Waals surface area contributed by atoms with Crippen LogP contribution in [-0.4, -0.2) is 24.7 Å². The molecule has 1 aromatic rings. The number of hydrogen-bond donors (Lipinski definition) is 2. The van der Waals surface area contributed by atoms with E-state index < -0.39 is 0 Å². The zero-order valence-electron chi connectivity index (χ0n) is 9.28. The maximum atomic E-state index is 9.52. The maximum Gasteiger partial charge on any atom is 0.123 e. The van der Waals surface area contributed by atoms with Crippen LogP contribution in [0.2, 0.25) is 0 Å². The summed E-state index contributed by atoms with van der Waals surface area (Å²) in [6.45, 7) is 6.02. The van der Waals surface area contributed by atoms with E-state index in [1.54, 1.807) is 18.3 Å². The van der Waals surface area contributed by atoms with Crippen LogP contribution in [0.3, 0.4) is 0 Å². The summed E-state index contributed by atoms with van der Waals surface area (Å²) in [6.07, 6.45) is 1.57. The van der Waals surface area contributed by atoms with Crippen molar-refractivity contribution in [2.24, 2.45) is 5.10 Å². The number of rotatable bonds is 2. The van der Waals surface area contributed by atoms with Gasteiger partial charge in [0, 0.05) is 11.1 Å². The van der Waals surface area contributed by atoms with Crippen LogP contribution in [-0.2, 0) is 0 Å². The third kappa shape index (κ3) is 4.06. The second-order valence-electron chi connectivity index (χ2n) is 4.44. The molecule has 2 radical (unpaired) electrons. The van der Waals surface area contributed by atoms with Gasteiger partial charge in [-0.15, -0.1) is 0 Å². The van der Waals surface area contributed by atoms with Crippen molar-refractivity contribution < 1.29 is 5.11 Å². The normalized spacial score (nSPS) is 11.9. The highest BCUT2D eigenvalue weighted by Crippen LogP contribution is 2.11. The Morgan fingerprint density at radius 2 is 2.07 bits per heavy atom. The summed E-state index contributed by atoms with van der Waals surface area (Å²) >= 11 is 0. The molecule has 15 heavy (non-hydrogen) atoms. The number of hydrazone groups is 1. The third-order valence-electron chi connectivity index (χ3n) is 1.66. The van der Waals surface area contributed by atoms with Crippen LogP contribution in [0, 0.1) is 0 Å². The summed E-state index contributed by atoms with van der Waals surface area (Å²) in [5.74, 6) is 0.134. The highest BCUT2D eigenvalue weighted by Gasteiger charge is 2.06. The Balaban J connectivity index is 2.73. The van der Waals surface area contributed by atoms with Crippen LogP contribution in [0.15, 0.2) is 23.3 Å². The predicted molar refractivity (Wildman–Crippen MR) is 64.0 cm³/mol. The second-order valence-corrected chi connectivity index (χ2v) is 4.44. The first kappa shape index (κ1) is 11.6. The first-order chi connectivity index (χ1) is 6.88. The largest absolute Gasteiger partial charge is 0.507 e. The summed E-state index contributed by atoms with van der Waals surface area (Å²) in [5.41, 5.74) is 4.03. The van der Waals surface area contributed by atoms with E-state index in [9.17, 15) is 5.11 Å². The molecule has 0 bridgehead atoms. The average molecular weight is 202 g/mol. The van der Waals surface area contributed by atoms with E-state index in [-0.39, 0.29) is 11.3 Å². The Bertz CT molecular complexity index is 369. The van der Waals surface area contributed by atoms with E-state index in [1.165, 1.54) is 6.07 Å². The molecule has 4 heteroatoms. The number of aromatic hydroxyl groups is 1. The van der Waals surface area contributed by atoms with Crippen molar-refractivity contribution in [3.8, 4) is 5.75 Å². The molecular formula is C11H15BN2O. The lowest BCUT2D eigenvalue weighted by molar-refractivity contribution is 0.441. The van der Waals surface area contributed by atoms with Gasteiger partial charge < -0.3 is 10.5 Å². The standard InChI is InChI=1S/C11H15BN2O/c1-11(2,3)14-13-7-8-4-5-9(12)6-10(8)15/h4-7,14-15H,1-3H3/b13-7+. The van der Waals surface area contributed by atoms with Crippen LogP contribution < -0.4 is 10.9 Å². The van der Waals surface area contributed by atoms with Crippen LogP contribution in [0.5, 0.6) is 5.75 Å². The minimum Gasteiger partial charge on any atom is -0.507 e. The molecule has 0 unspecified atom stereocenters. The molecule has 0 aliphatic rings. The van der Waals surface area contributed by atoms with Gasteiger partial charge in [0.2, 0.25) is 0 Å². The van der Waals surface area contributed by atoms with E-state index in [0.717, 1.165) is 0 Å². The van der Waals surface area contributed by atoms with Crippen molar-refractivity contribution in [1.29, 1.82) is 0 Å². The average Bonchev–Trinajstić information content (AvgIpc) is 2.07. The second kappa shape index (κ2) is 4.38. The van der Waals surface area contributed by atoms with E-state index in [1.807, 2.05) is 20.8 Å². The van der Waals surface area contributed by atoms with Gasteiger partial charge in [-0.25, -0.2) is 0 Å². The molecule has 0 saturated heterocycles. The minimum atomic E-state index is -0.0834. The Morgan fingerprint density at radius 3 is 2.60 bits per heavy atom. The Labute approximate surface area is 91.6 Å². The number of benzene rings is 1. The Morgan fingerprint density at radius 1 is 1.40 bits per heavy atom. The first-order valence-corrected chi connectivity index (χ1v) is 4.77. The van der Waals surface area contributed by atoms with Crippen LogP contribution in [0.4, 0.5) is 0 Å². The van der Waals surface area contributed by atoms with E-state index in [4.69, 9.17) is 7.85 Å². The lowest BCUT2D eigenvalue weighted by atomic mass is 9.95. The molecule has 0 saturated carbocycles. The molecular weight excluding hydrogens is 187 g/mol. The van der Waals surface area contributed by atoms with Crippen molar-refractivity contribution in [2.45, 2.75) is 26.3 Å². The predicted octanol–water partition coefficient (Wildman–Crippen LogP) is 0.908. The van der Waals surface area contributed by atoms with Gasteiger partial charge in [0.05, 0.1) is 6.21 Å². The quantitative estimate of drug-likeness (QED) is 0.425. The van der Waals surface area contributed by atoms with Crippen LogP contribution >= 0.6 is 0 Å². The molecule has 3 nitrogen and oxygen atoms in total. The highest BCUT2D eigenvalue weighted by atomic mass is 16.3. The SMILES string of the molecule is [B]c1ccc(/C=N/NC(C)(C)C)c(O)c1. The van der Waals surface area contributed by atoms with Gasteiger partial charge in [-0.2, -0.15) is 5.10 Å². The monoisotopic (exact) mass is 202 g/mol. The highest BCUT2D eigenvalue weighted by molar-refractivity contribution is 6.32. The van der Waals surface area contributed by atoms with E-state index in [0.29, 0.717) is 11.0 Å². The molecule has 0 heterocycles. The van der Waals surface area contributed by atoms with Gasteiger partial charge in [0.1, 0.15) is 13.6 Å². The molecule has 2 N–H and O–H groups in total. The van der Waals surface area contributed by atoms with Gasteiger partial charge in [-0.1, -0.05) is 17.6 Å². The fourth-order valence-corrected chi connectivity index (χ4v) is 0.965. The van der Waals surface area contributed by atoms with Crippen molar-refractivity contribution >= 4 is 19.5 Å². The van der Waals surface area contributed by atoms with Crippen molar-refractivity contribution in [2.75, 3.05) is 0 Å². The lowest BCUT2D eigenvalue weighted by Crippen LogP contribution is -2.31. The van der Waals surface area contributed by atoms with Gasteiger partial charge in [0.25, 0.3) is 0 Å². The molecule has 0 atom stereocenters. The lowest BCUT2D eigenvalue weighted by Gasteiger charge is -2.17. The summed E-state index contributed by atoms with van der Waals surface area (Å²) in [5, 5.41) is 13.5. The zero-order valence-corrected chi connectivity index (χ0v) is 9.28. The van der Waals surface area contributed by atoms with Gasteiger partial charge in [-0.05, 0) is 26.8 Å². The summed E-state index contributed by atoms with van der Waals surface area (Å²) in [6, 6.07) is 4.94. The van der Waals surface area contributed by atoms with Crippen molar-refractivity contribution in [3.63, 3.8) is 0 Å². The molecule has 78 valence electrons. The van der Waals surface area contributed by atoms with Gasteiger partial charge in [-0.3, -0.25) is 0 Å². The number of phenols is 1. The maximum absolute atomic E-state index is 9.52. The molecule has 0 amide bonds. The number of hydrogen-bond acceptors (Lipinski definition) is 3. The third-order valence-corrected chi connectivity index (χ3v) is 1.66. The Kier molecular flexibility index (Phi) is 3.40. The molecule has 0 aliphatic heterocycles. The minimum absolute atomic E-state index is 0.0834. The van der Waals surface area contributed by atoms with E-state index in [2.05, 4.69) is 10.5 Å². The molecule has 0 spiro atoms. The molecule has 0 aromatic heterocycles. The van der Waals surface area contributed by atoms with Crippen molar-refractivity contribution in [1.82, 2.24) is 5.43 Å². The summed E-state index contributed by atoms with van der Waals surface area (Å²) in [4.78, 5) is 0. The zero-order chi connectivity index (χ0) is 11.5. The van der Waals surface area contributed by atoms with Crippen LogP contribution in [0.25, 0.3) is 0 Å². The Hall–Kier alpha value is -1.45. The molecule has 1 rings (SSSR count). The summed E-state index contributed by atoms with van der Waals surface area (Å²) < 4.78 is 0. The molecule has 1 aromatic carbocycles. The van der Waals surface area contributed by atoms with E-state index >= 15 is 0 Å². The number of nitrogens with zero attached hydrogens (tertiary/aromatic N) is 1. The number of nitrogens with one attached hydrogen (secondary N) is 1. The topological polar surface area (TPSA) is 44.6 Å². The van der Waals surface area contributed by atoms with Crippen LogP contribution in [0.1, 0.15) is 26.3 Å². The fraction of sp³-hybridized carbons (Fsp3) is 0.364. The smallest absolute Gasteiger partial charge is 0.123 e. The first-order valence-electron chi connectivity index (χ1n) is 4.77.